The Balaban J connectivity index is 2.10. The van der Waals surface area contributed by atoms with Gasteiger partial charge in [-0.2, -0.15) is 0 Å². The molecule has 3 rings (SSSR count). The molecule has 1 aromatic heterocycles. The molecule has 2 aromatic carbocycles. The lowest BCUT2D eigenvalue weighted by molar-refractivity contribution is 0.473. The van der Waals surface area contributed by atoms with Crippen molar-refractivity contribution in [2.45, 2.75) is 26.2 Å². The number of aromatic nitrogens is 1. The first-order valence-corrected chi connectivity index (χ1v) is 7.46. The maximum atomic E-state index is 10.3. The third-order valence-corrected chi connectivity index (χ3v) is 4.46. The highest BCUT2D eigenvalue weighted by atomic mass is 32.1. The third-order valence-electron chi connectivity index (χ3n) is 3.39. The molecule has 0 spiro atoms. The number of para-hydroxylation sites is 1. The van der Waals surface area contributed by atoms with Crippen molar-refractivity contribution in [2.75, 3.05) is 0 Å². The van der Waals surface area contributed by atoms with E-state index in [1.165, 1.54) is 0 Å². The van der Waals surface area contributed by atoms with Gasteiger partial charge in [0.25, 0.3) is 0 Å². The summed E-state index contributed by atoms with van der Waals surface area (Å²) in [6.45, 7) is 6.41. The number of hydrogen-bond acceptors (Lipinski definition) is 3. The first-order valence-electron chi connectivity index (χ1n) is 6.64. The number of nitrogens with zero attached hydrogens (tertiary/aromatic N) is 1. The largest absolute Gasteiger partial charge is 0.507 e. The Morgan fingerprint density at radius 1 is 1.05 bits per heavy atom. The number of phenols is 1. The number of aromatic hydroxyl groups is 1. The molecular weight excluding hydrogens is 266 g/mol. The molecule has 0 radical (unpaired) electrons. The number of benzene rings is 2. The number of phenolic OH excluding ortho intramolecular Hbond substituents is 1. The summed E-state index contributed by atoms with van der Waals surface area (Å²) in [5.74, 6) is 0.302. The van der Waals surface area contributed by atoms with Crippen LogP contribution in [0.5, 0.6) is 5.75 Å². The minimum Gasteiger partial charge on any atom is -0.507 e. The molecule has 3 aromatic rings. The number of fused-ring (bicyclic) bond motifs is 1. The fourth-order valence-electron chi connectivity index (χ4n) is 2.17. The van der Waals surface area contributed by atoms with Crippen LogP contribution in [0.3, 0.4) is 0 Å². The van der Waals surface area contributed by atoms with Crippen LogP contribution in [0.15, 0.2) is 42.5 Å². The summed E-state index contributed by atoms with van der Waals surface area (Å²) in [5.41, 5.74) is 2.94. The van der Waals surface area contributed by atoms with Crippen molar-refractivity contribution >= 4 is 21.6 Å². The highest BCUT2D eigenvalue weighted by Gasteiger charge is 2.17. The van der Waals surface area contributed by atoms with Crippen LogP contribution in [0.25, 0.3) is 20.8 Å². The van der Waals surface area contributed by atoms with Crippen LogP contribution >= 0.6 is 11.3 Å². The summed E-state index contributed by atoms with van der Waals surface area (Å²) in [7, 11) is 0. The summed E-state index contributed by atoms with van der Waals surface area (Å²) in [6.07, 6.45) is 0. The highest BCUT2D eigenvalue weighted by Crippen LogP contribution is 2.37. The molecule has 20 heavy (non-hydrogen) atoms. The van der Waals surface area contributed by atoms with Gasteiger partial charge in [-0.05, 0) is 35.2 Å². The van der Waals surface area contributed by atoms with Gasteiger partial charge in [-0.25, -0.2) is 4.98 Å². The molecule has 1 heterocycles. The Morgan fingerprint density at radius 2 is 1.80 bits per heavy atom. The Morgan fingerprint density at radius 3 is 2.45 bits per heavy atom. The third kappa shape index (κ3) is 2.29. The van der Waals surface area contributed by atoms with Crippen molar-refractivity contribution in [3.63, 3.8) is 0 Å². The van der Waals surface area contributed by atoms with E-state index in [0.29, 0.717) is 5.75 Å². The number of thiazole rings is 1. The summed E-state index contributed by atoms with van der Waals surface area (Å²) in [5, 5.41) is 11.2. The second-order valence-electron chi connectivity index (χ2n) is 5.97. The maximum absolute atomic E-state index is 10.3. The van der Waals surface area contributed by atoms with Gasteiger partial charge in [-0.1, -0.05) is 39.0 Å². The zero-order valence-corrected chi connectivity index (χ0v) is 12.7. The van der Waals surface area contributed by atoms with Crippen molar-refractivity contribution in [3.8, 4) is 16.3 Å². The SMILES string of the molecule is CC(C)(C)c1ccc(-c2nc3ccccc3s2)c(O)c1. The average molecular weight is 283 g/mol. The fraction of sp³-hybridized carbons (Fsp3) is 0.235. The summed E-state index contributed by atoms with van der Waals surface area (Å²) in [6, 6.07) is 13.9. The summed E-state index contributed by atoms with van der Waals surface area (Å²) >= 11 is 1.61. The first-order chi connectivity index (χ1) is 9.45. The molecule has 0 bridgehead atoms. The van der Waals surface area contributed by atoms with Crippen LogP contribution in [0.2, 0.25) is 0 Å². The molecule has 0 aliphatic heterocycles. The Kier molecular flexibility index (Phi) is 3.02. The average Bonchev–Trinajstić information content (AvgIpc) is 2.80. The van der Waals surface area contributed by atoms with Gasteiger partial charge >= 0.3 is 0 Å². The van der Waals surface area contributed by atoms with E-state index in [9.17, 15) is 5.11 Å². The molecule has 0 fully saturated rings. The van der Waals surface area contributed by atoms with Crippen LogP contribution in [0.4, 0.5) is 0 Å². The fourth-order valence-corrected chi connectivity index (χ4v) is 3.17. The lowest BCUT2D eigenvalue weighted by atomic mass is 9.86. The van der Waals surface area contributed by atoms with Crippen molar-refractivity contribution in [1.82, 2.24) is 4.98 Å². The van der Waals surface area contributed by atoms with Crippen molar-refractivity contribution in [2.24, 2.45) is 0 Å². The molecule has 0 aliphatic carbocycles. The Labute approximate surface area is 122 Å². The van der Waals surface area contributed by atoms with E-state index in [1.54, 1.807) is 11.3 Å². The standard InChI is InChI=1S/C17H17NOS/c1-17(2,3)11-8-9-12(14(19)10-11)16-18-13-6-4-5-7-15(13)20-16/h4-10,19H,1-3H3. The van der Waals surface area contributed by atoms with E-state index >= 15 is 0 Å². The Bertz CT molecular complexity index is 735. The molecule has 0 saturated heterocycles. The van der Waals surface area contributed by atoms with Crippen LogP contribution in [-0.2, 0) is 5.41 Å². The highest BCUT2D eigenvalue weighted by molar-refractivity contribution is 7.21. The van der Waals surface area contributed by atoms with E-state index in [-0.39, 0.29) is 5.41 Å². The van der Waals surface area contributed by atoms with Gasteiger partial charge in [0.15, 0.2) is 0 Å². The predicted octanol–water partition coefficient (Wildman–Crippen LogP) is 4.97. The molecular formula is C17H17NOS. The molecule has 0 atom stereocenters. The quantitative estimate of drug-likeness (QED) is 0.684. The maximum Gasteiger partial charge on any atom is 0.128 e. The van der Waals surface area contributed by atoms with Crippen molar-refractivity contribution in [3.05, 3.63) is 48.0 Å². The van der Waals surface area contributed by atoms with Crippen LogP contribution in [0, 0.1) is 0 Å². The summed E-state index contributed by atoms with van der Waals surface area (Å²) < 4.78 is 1.14. The zero-order valence-electron chi connectivity index (χ0n) is 11.8. The van der Waals surface area contributed by atoms with Gasteiger partial charge in [0.05, 0.1) is 15.8 Å². The lowest BCUT2D eigenvalue weighted by Gasteiger charge is -2.19. The monoisotopic (exact) mass is 283 g/mol. The topological polar surface area (TPSA) is 33.1 Å². The molecule has 2 nitrogen and oxygen atoms in total. The zero-order chi connectivity index (χ0) is 14.3. The molecule has 0 amide bonds. The van der Waals surface area contributed by atoms with E-state index in [0.717, 1.165) is 26.4 Å². The Hall–Kier alpha value is -1.87. The molecule has 0 saturated carbocycles. The second kappa shape index (κ2) is 4.60. The number of rotatable bonds is 1. The summed E-state index contributed by atoms with van der Waals surface area (Å²) in [4.78, 5) is 4.59. The van der Waals surface area contributed by atoms with E-state index < -0.39 is 0 Å². The van der Waals surface area contributed by atoms with Crippen molar-refractivity contribution in [1.29, 1.82) is 0 Å². The molecule has 1 N–H and O–H groups in total. The molecule has 0 unspecified atom stereocenters. The molecule has 3 heteroatoms. The van der Waals surface area contributed by atoms with Gasteiger partial charge in [0, 0.05) is 0 Å². The second-order valence-corrected chi connectivity index (χ2v) is 7.00. The lowest BCUT2D eigenvalue weighted by Crippen LogP contribution is -2.10. The van der Waals surface area contributed by atoms with E-state index in [1.807, 2.05) is 30.3 Å². The molecule has 102 valence electrons. The molecule has 0 aliphatic rings. The van der Waals surface area contributed by atoms with Gasteiger partial charge in [-0.3, -0.25) is 0 Å². The van der Waals surface area contributed by atoms with Gasteiger partial charge in [0.2, 0.25) is 0 Å². The van der Waals surface area contributed by atoms with Gasteiger partial charge in [0.1, 0.15) is 10.8 Å². The minimum atomic E-state index is 0.0314. The van der Waals surface area contributed by atoms with Crippen LogP contribution in [-0.4, -0.2) is 10.1 Å². The number of hydrogen-bond donors (Lipinski definition) is 1. The van der Waals surface area contributed by atoms with E-state index in [2.05, 4.69) is 37.9 Å². The smallest absolute Gasteiger partial charge is 0.128 e. The van der Waals surface area contributed by atoms with Crippen LogP contribution < -0.4 is 0 Å². The van der Waals surface area contributed by atoms with Crippen LogP contribution in [0.1, 0.15) is 26.3 Å². The first kappa shape index (κ1) is 13.1. The van der Waals surface area contributed by atoms with Gasteiger partial charge < -0.3 is 5.11 Å². The van der Waals surface area contributed by atoms with Crippen molar-refractivity contribution < 1.29 is 5.11 Å². The normalized spacial score (nSPS) is 11.9. The predicted molar refractivity (Wildman–Crippen MR) is 85.4 cm³/mol. The van der Waals surface area contributed by atoms with E-state index in [4.69, 9.17) is 0 Å². The minimum absolute atomic E-state index is 0.0314. The van der Waals surface area contributed by atoms with Gasteiger partial charge in [-0.15, -0.1) is 11.3 Å².